The molecule has 6 nitrogen and oxygen atoms in total. The maximum atomic E-state index is 12.9. The van der Waals surface area contributed by atoms with Gasteiger partial charge in [0.2, 0.25) is 0 Å². The summed E-state index contributed by atoms with van der Waals surface area (Å²) in [5, 5.41) is 0. The first-order valence-electron chi connectivity index (χ1n) is 31.0. The van der Waals surface area contributed by atoms with Crippen LogP contribution in [-0.4, -0.2) is 37.2 Å². The van der Waals surface area contributed by atoms with Crippen LogP contribution in [0, 0.1) is 0 Å². The number of carbonyl (C=O) groups is 3. The summed E-state index contributed by atoms with van der Waals surface area (Å²) in [7, 11) is 0. The average Bonchev–Trinajstić information content (AvgIpc) is 3.43. The van der Waals surface area contributed by atoms with Crippen molar-refractivity contribution in [2.45, 2.75) is 258 Å². The topological polar surface area (TPSA) is 78.9 Å². The van der Waals surface area contributed by atoms with Crippen LogP contribution in [0.5, 0.6) is 0 Å². The van der Waals surface area contributed by atoms with Crippen molar-refractivity contribution in [3.8, 4) is 0 Å². The maximum absolute atomic E-state index is 12.9. The summed E-state index contributed by atoms with van der Waals surface area (Å²) in [6, 6.07) is 0. The highest BCUT2D eigenvalue weighted by Crippen LogP contribution is 2.14. The molecule has 77 heavy (non-hydrogen) atoms. The van der Waals surface area contributed by atoms with Crippen molar-refractivity contribution < 1.29 is 28.6 Å². The molecule has 0 bridgehead atoms. The molecule has 0 amide bonds. The summed E-state index contributed by atoms with van der Waals surface area (Å²) < 4.78 is 16.8. The molecule has 0 rings (SSSR count). The third-order valence-electron chi connectivity index (χ3n) is 12.5. The Morgan fingerprint density at radius 1 is 0.273 bits per heavy atom. The van der Waals surface area contributed by atoms with Gasteiger partial charge >= 0.3 is 17.9 Å². The Balaban J connectivity index is 4.38. The van der Waals surface area contributed by atoms with Gasteiger partial charge in [-0.1, -0.05) is 256 Å². The third-order valence-corrected chi connectivity index (χ3v) is 12.5. The first-order chi connectivity index (χ1) is 38.0. The Morgan fingerprint density at radius 2 is 0.519 bits per heavy atom. The van der Waals surface area contributed by atoms with E-state index in [1.165, 1.54) is 51.4 Å². The minimum absolute atomic E-state index is 0.114. The Kier molecular flexibility index (Phi) is 59.5. The molecular formula is C71H112O6. The van der Waals surface area contributed by atoms with E-state index in [1.807, 2.05) is 0 Å². The number of ether oxygens (including phenoxy) is 3. The van der Waals surface area contributed by atoms with E-state index in [-0.39, 0.29) is 37.5 Å². The zero-order valence-corrected chi connectivity index (χ0v) is 49.4. The van der Waals surface area contributed by atoms with E-state index in [9.17, 15) is 14.4 Å². The van der Waals surface area contributed by atoms with E-state index in [0.717, 1.165) is 154 Å². The lowest BCUT2D eigenvalue weighted by Crippen LogP contribution is -2.30. The Labute approximate surface area is 473 Å². The molecule has 0 aliphatic carbocycles. The highest BCUT2D eigenvalue weighted by Gasteiger charge is 2.19. The van der Waals surface area contributed by atoms with Gasteiger partial charge in [0.1, 0.15) is 13.2 Å². The SMILES string of the molecule is CC/C=C\C/C=C\C/C=C\C/C=C\C/C=C\C/C=C\CCCCCCCCCCCCC(=O)OCC(COC(=O)CCCCCCC/C=C\C/C=C\CCC)OC(=O)CCC/C=C\C/C=C\C/C=C\C/C=C\C/C=C\CC. The minimum atomic E-state index is -0.823. The van der Waals surface area contributed by atoms with Crippen molar-refractivity contribution >= 4 is 17.9 Å². The number of carbonyl (C=O) groups excluding carboxylic acids is 3. The normalized spacial score (nSPS) is 13.2. The molecule has 6 heteroatoms. The predicted octanol–water partition coefficient (Wildman–Crippen LogP) is 21.3. The highest BCUT2D eigenvalue weighted by molar-refractivity contribution is 5.71. The molecule has 0 N–H and O–H groups in total. The number of hydrogen-bond acceptors (Lipinski definition) is 6. The maximum Gasteiger partial charge on any atom is 0.306 e. The van der Waals surface area contributed by atoms with Gasteiger partial charge in [-0.2, -0.15) is 0 Å². The standard InChI is InChI=1S/C71H112O6/c1-4-7-10-13-16-19-22-25-27-29-30-31-32-33-34-35-36-37-38-39-40-42-43-46-49-52-55-58-61-64-70(73)76-67-68(66-75-69(72)63-60-57-54-51-48-45-24-21-18-15-12-9-6-3)77-71(74)65-62-59-56-53-50-47-44-41-28-26-23-20-17-14-11-8-5-2/h7-8,10-12,15-17,19-21,24-28,30-31,33-34,36-37,44,47,53,56,68H,4-6,9,13-14,18,22-23,29,32,35,38-43,45-46,48-52,54-55,57-67H2,1-3H3/b10-7-,11-8-,15-12-,19-16-,20-17-,24-21-,27-25-,28-26-,31-30-,34-33-,37-36-,47-44-,56-53-. The lowest BCUT2D eigenvalue weighted by Gasteiger charge is -2.18. The van der Waals surface area contributed by atoms with E-state index in [2.05, 4.69) is 179 Å². The molecule has 1 atom stereocenters. The molecule has 0 aliphatic heterocycles. The van der Waals surface area contributed by atoms with Crippen LogP contribution in [0.4, 0.5) is 0 Å². The number of allylic oxidation sites excluding steroid dienone is 26. The molecule has 0 saturated heterocycles. The van der Waals surface area contributed by atoms with Gasteiger partial charge in [0.25, 0.3) is 0 Å². The van der Waals surface area contributed by atoms with Crippen molar-refractivity contribution in [1.29, 1.82) is 0 Å². The van der Waals surface area contributed by atoms with Gasteiger partial charge in [-0.3, -0.25) is 14.4 Å². The molecule has 0 fully saturated rings. The van der Waals surface area contributed by atoms with Crippen molar-refractivity contribution in [3.63, 3.8) is 0 Å². The van der Waals surface area contributed by atoms with Gasteiger partial charge < -0.3 is 14.2 Å². The molecule has 0 aromatic heterocycles. The fraction of sp³-hybridized carbons (Fsp3) is 0.592. The molecule has 0 spiro atoms. The van der Waals surface area contributed by atoms with Gasteiger partial charge in [0.15, 0.2) is 6.10 Å². The Hall–Kier alpha value is -4.97. The monoisotopic (exact) mass is 1060 g/mol. The van der Waals surface area contributed by atoms with Crippen LogP contribution in [0.2, 0.25) is 0 Å². The fourth-order valence-corrected chi connectivity index (χ4v) is 7.93. The van der Waals surface area contributed by atoms with Gasteiger partial charge in [-0.15, -0.1) is 0 Å². The van der Waals surface area contributed by atoms with Crippen LogP contribution in [0.15, 0.2) is 158 Å². The zero-order chi connectivity index (χ0) is 55.7. The summed E-state index contributed by atoms with van der Waals surface area (Å²) in [5.41, 5.74) is 0. The van der Waals surface area contributed by atoms with E-state index in [0.29, 0.717) is 19.3 Å². The number of esters is 3. The zero-order valence-electron chi connectivity index (χ0n) is 49.4. The second-order valence-corrected chi connectivity index (χ2v) is 19.8. The number of unbranched alkanes of at least 4 members (excludes halogenated alkanes) is 17. The summed E-state index contributed by atoms with van der Waals surface area (Å²) in [6.45, 7) is 6.28. The molecule has 0 aromatic rings. The van der Waals surface area contributed by atoms with Gasteiger partial charge in [0, 0.05) is 19.3 Å². The largest absolute Gasteiger partial charge is 0.462 e. The van der Waals surface area contributed by atoms with E-state index in [1.54, 1.807) is 0 Å². The van der Waals surface area contributed by atoms with Crippen LogP contribution in [0.3, 0.4) is 0 Å². The first-order valence-corrected chi connectivity index (χ1v) is 31.0. The minimum Gasteiger partial charge on any atom is -0.462 e. The third kappa shape index (κ3) is 61.8. The second-order valence-electron chi connectivity index (χ2n) is 19.8. The molecule has 0 saturated carbocycles. The lowest BCUT2D eigenvalue weighted by atomic mass is 10.1. The van der Waals surface area contributed by atoms with Crippen LogP contribution in [0.25, 0.3) is 0 Å². The molecule has 1 unspecified atom stereocenters. The molecule has 0 aliphatic rings. The second kappa shape index (κ2) is 63.6. The highest BCUT2D eigenvalue weighted by atomic mass is 16.6. The molecular weight excluding hydrogens is 949 g/mol. The van der Waals surface area contributed by atoms with Crippen LogP contribution >= 0.6 is 0 Å². The molecule has 0 heterocycles. The van der Waals surface area contributed by atoms with Crippen molar-refractivity contribution in [2.24, 2.45) is 0 Å². The van der Waals surface area contributed by atoms with Crippen molar-refractivity contribution in [3.05, 3.63) is 158 Å². The lowest BCUT2D eigenvalue weighted by molar-refractivity contribution is -0.167. The summed E-state index contributed by atoms with van der Waals surface area (Å²) in [6.07, 6.45) is 92.5. The van der Waals surface area contributed by atoms with Crippen molar-refractivity contribution in [2.75, 3.05) is 13.2 Å². The molecule has 0 radical (unpaired) electrons. The summed E-state index contributed by atoms with van der Waals surface area (Å²) in [4.78, 5) is 38.2. The first kappa shape index (κ1) is 72.0. The van der Waals surface area contributed by atoms with E-state index in [4.69, 9.17) is 14.2 Å². The van der Waals surface area contributed by atoms with Crippen LogP contribution in [0.1, 0.15) is 252 Å². The predicted molar refractivity (Wildman–Crippen MR) is 334 cm³/mol. The van der Waals surface area contributed by atoms with Gasteiger partial charge in [-0.25, -0.2) is 0 Å². The number of rotatable bonds is 54. The Morgan fingerprint density at radius 3 is 0.831 bits per heavy atom. The van der Waals surface area contributed by atoms with E-state index >= 15 is 0 Å². The smallest absolute Gasteiger partial charge is 0.306 e. The quantitative estimate of drug-likeness (QED) is 0.0261. The Bertz CT molecular complexity index is 1740. The fourth-order valence-electron chi connectivity index (χ4n) is 7.93. The summed E-state index contributed by atoms with van der Waals surface area (Å²) in [5.74, 6) is -0.996. The molecule has 432 valence electrons. The number of hydrogen-bond donors (Lipinski definition) is 0. The van der Waals surface area contributed by atoms with Gasteiger partial charge in [-0.05, 0) is 135 Å². The van der Waals surface area contributed by atoms with Crippen molar-refractivity contribution in [1.82, 2.24) is 0 Å². The van der Waals surface area contributed by atoms with Gasteiger partial charge in [0.05, 0.1) is 0 Å². The average molecular weight is 1060 g/mol. The van der Waals surface area contributed by atoms with E-state index < -0.39 is 6.10 Å². The van der Waals surface area contributed by atoms with Crippen LogP contribution in [-0.2, 0) is 28.6 Å². The summed E-state index contributed by atoms with van der Waals surface area (Å²) >= 11 is 0. The molecule has 0 aromatic carbocycles. The van der Waals surface area contributed by atoms with Crippen LogP contribution < -0.4 is 0 Å².